The Balaban J connectivity index is 2.07. The fraction of sp³-hybridized carbons (Fsp3) is 0.500. The van der Waals surface area contributed by atoms with Crippen molar-refractivity contribution in [2.75, 3.05) is 13.2 Å². The van der Waals surface area contributed by atoms with Gasteiger partial charge < -0.3 is 15.2 Å². The standard InChI is InChI=1S/C10H14N2O2/c11-5-8-1-3-12-6-10(8)14-9-2-4-13-7-9/h1,3,6,9H,2,4-5,7,11H2/t9-/m1/s1. The second kappa shape index (κ2) is 4.39. The zero-order valence-corrected chi connectivity index (χ0v) is 7.98. The van der Waals surface area contributed by atoms with Crippen molar-refractivity contribution in [1.82, 2.24) is 4.98 Å². The number of hydrogen-bond acceptors (Lipinski definition) is 4. The van der Waals surface area contributed by atoms with Crippen LogP contribution in [0.3, 0.4) is 0 Å². The molecule has 0 aliphatic carbocycles. The van der Waals surface area contributed by atoms with Crippen LogP contribution in [-0.2, 0) is 11.3 Å². The van der Waals surface area contributed by atoms with Crippen LogP contribution in [0.1, 0.15) is 12.0 Å². The number of pyridine rings is 1. The minimum absolute atomic E-state index is 0.157. The van der Waals surface area contributed by atoms with Crippen LogP contribution in [0.4, 0.5) is 0 Å². The van der Waals surface area contributed by atoms with Crippen molar-refractivity contribution in [3.8, 4) is 5.75 Å². The van der Waals surface area contributed by atoms with Crippen LogP contribution < -0.4 is 10.5 Å². The maximum absolute atomic E-state index is 5.73. The predicted molar refractivity (Wildman–Crippen MR) is 52.0 cm³/mol. The molecule has 76 valence electrons. The van der Waals surface area contributed by atoms with Gasteiger partial charge in [0.2, 0.25) is 0 Å². The molecule has 1 aromatic heterocycles. The quantitative estimate of drug-likeness (QED) is 0.769. The van der Waals surface area contributed by atoms with Crippen molar-refractivity contribution in [3.63, 3.8) is 0 Å². The minimum atomic E-state index is 0.157. The lowest BCUT2D eigenvalue weighted by molar-refractivity contribution is 0.140. The van der Waals surface area contributed by atoms with Crippen molar-refractivity contribution in [3.05, 3.63) is 24.0 Å². The topological polar surface area (TPSA) is 57.4 Å². The molecule has 0 aromatic carbocycles. The average molecular weight is 194 g/mol. The zero-order valence-electron chi connectivity index (χ0n) is 7.98. The minimum Gasteiger partial charge on any atom is -0.486 e. The predicted octanol–water partition coefficient (Wildman–Crippen LogP) is 0.708. The molecule has 1 atom stereocenters. The van der Waals surface area contributed by atoms with Crippen molar-refractivity contribution < 1.29 is 9.47 Å². The first kappa shape index (κ1) is 9.43. The molecule has 2 rings (SSSR count). The van der Waals surface area contributed by atoms with E-state index in [0.717, 1.165) is 24.3 Å². The van der Waals surface area contributed by atoms with Crippen LogP contribution in [0.5, 0.6) is 5.75 Å². The van der Waals surface area contributed by atoms with E-state index in [9.17, 15) is 0 Å². The first-order valence-corrected chi connectivity index (χ1v) is 4.77. The molecule has 4 heteroatoms. The lowest BCUT2D eigenvalue weighted by atomic mass is 10.2. The number of nitrogens with two attached hydrogens (primary N) is 1. The summed E-state index contributed by atoms with van der Waals surface area (Å²) in [5.74, 6) is 0.783. The molecule has 0 radical (unpaired) electrons. The van der Waals surface area contributed by atoms with Gasteiger partial charge in [-0.2, -0.15) is 0 Å². The molecule has 1 aromatic rings. The van der Waals surface area contributed by atoms with E-state index in [1.54, 1.807) is 12.4 Å². The van der Waals surface area contributed by atoms with E-state index >= 15 is 0 Å². The van der Waals surface area contributed by atoms with Crippen LogP contribution in [0.2, 0.25) is 0 Å². The van der Waals surface area contributed by atoms with Crippen molar-refractivity contribution >= 4 is 0 Å². The first-order valence-electron chi connectivity index (χ1n) is 4.77. The molecule has 0 spiro atoms. The molecule has 0 saturated carbocycles. The number of hydrogen-bond donors (Lipinski definition) is 1. The number of nitrogens with zero attached hydrogens (tertiary/aromatic N) is 1. The molecule has 1 aliphatic rings. The van der Waals surface area contributed by atoms with Gasteiger partial charge in [-0.05, 0) is 6.07 Å². The summed E-state index contributed by atoms with van der Waals surface area (Å²) in [7, 11) is 0. The fourth-order valence-electron chi connectivity index (χ4n) is 1.47. The van der Waals surface area contributed by atoms with Gasteiger partial charge in [-0.1, -0.05) is 0 Å². The highest BCUT2D eigenvalue weighted by Crippen LogP contribution is 2.19. The third-order valence-electron chi connectivity index (χ3n) is 2.27. The van der Waals surface area contributed by atoms with Crippen LogP contribution in [0.15, 0.2) is 18.5 Å². The monoisotopic (exact) mass is 194 g/mol. The molecular formula is C10H14N2O2. The zero-order chi connectivity index (χ0) is 9.80. The molecule has 0 amide bonds. The molecule has 2 N–H and O–H groups in total. The van der Waals surface area contributed by atoms with Gasteiger partial charge in [-0.25, -0.2) is 0 Å². The van der Waals surface area contributed by atoms with Gasteiger partial charge in [-0.3, -0.25) is 4.98 Å². The second-order valence-corrected chi connectivity index (χ2v) is 3.29. The second-order valence-electron chi connectivity index (χ2n) is 3.29. The molecule has 0 bridgehead atoms. The molecule has 2 heterocycles. The highest BCUT2D eigenvalue weighted by Gasteiger charge is 2.18. The summed E-state index contributed by atoms with van der Waals surface area (Å²) in [5.41, 5.74) is 6.58. The van der Waals surface area contributed by atoms with Crippen molar-refractivity contribution in [2.45, 2.75) is 19.1 Å². The van der Waals surface area contributed by atoms with E-state index in [-0.39, 0.29) is 6.10 Å². The Bertz CT molecular complexity index is 298. The van der Waals surface area contributed by atoms with E-state index in [1.165, 1.54) is 0 Å². The Morgan fingerprint density at radius 2 is 2.57 bits per heavy atom. The van der Waals surface area contributed by atoms with E-state index in [4.69, 9.17) is 15.2 Å². The summed E-state index contributed by atoms with van der Waals surface area (Å²) in [6.07, 6.45) is 4.53. The summed E-state index contributed by atoms with van der Waals surface area (Å²) in [4.78, 5) is 4.01. The van der Waals surface area contributed by atoms with Gasteiger partial charge in [0.1, 0.15) is 11.9 Å². The largest absolute Gasteiger partial charge is 0.486 e. The van der Waals surface area contributed by atoms with Gasteiger partial charge in [0, 0.05) is 24.7 Å². The summed E-state index contributed by atoms with van der Waals surface area (Å²) >= 11 is 0. The SMILES string of the molecule is NCc1ccncc1O[C@@H]1CCOC1. The van der Waals surface area contributed by atoms with Crippen LogP contribution in [-0.4, -0.2) is 24.3 Å². The van der Waals surface area contributed by atoms with Gasteiger partial charge in [0.15, 0.2) is 0 Å². The fourth-order valence-corrected chi connectivity index (χ4v) is 1.47. The molecule has 1 fully saturated rings. The Labute approximate surface area is 83.0 Å². The smallest absolute Gasteiger partial charge is 0.142 e. The van der Waals surface area contributed by atoms with Gasteiger partial charge >= 0.3 is 0 Å². The maximum Gasteiger partial charge on any atom is 0.142 e. The number of ether oxygens (including phenoxy) is 2. The highest BCUT2D eigenvalue weighted by molar-refractivity contribution is 5.29. The normalized spacial score (nSPS) is 21.1. The van der Waals surface area contributed by atoms with Crippen molar-refractivity contribution in [1.29, 1.82) is 0 Å². The summed E-state index contributed by atoms with van der Waals surface area (Å²) in [6, 6.07) is 1.88. The molecule has 1 aliphatic heterocycles. The van der Waals surface area contributed by atoms with Gasteiger partial charge in [0.05, 0.1) is 19.4 Å². The molecule has 1 saturated heterocycles. The number of aromatic nitrogens is 1. The third kappa shape index (κ3) is 2.02. The Morgan fingerprint density at radius 1 is 1.64 bits per heavy atom. The van der Waals surface area contributed by atoms with E-state index < -0.39 is 0 Å². The Morgan fingerprint density at radius 3 is 3.29 bits per heavy atom. The summed E-state index contributed by atoms with van der Waals surface area (Å²) in [6.45, 7) is 1.92. The lowest BCUT2D eigenvalue weighted by Gasteiger charge is -2.13. The maximum atomic E-state index is 5.73. The average Bonchev–Trinajstić information content (AvgIpc) is 2.71. The summed E-state index contributed by atoms with van der Waals surface area (Å²) in [5, 5.41) is 0. The van der Waals surface area contributed by atoms with E-state index in [1.807, 2.05) is 6.07 Å². The van der Waals surface area contributed by atoms with Gasteiger partial charge in [0.25, 0.3) is 0 Å². The van der Waals surface area contributed by atoms with Crippen LogP contribution in [0, 0.1) is 0 Å². The molecule has 14 heavy (non-hydrogen) atoms. The summed E-state index contributed by atoms with van der Waals surface area (Å²) < 4.78 is 11.0. The lowest BCUT2D eigenvalue weighted by Crippen LogP contribution is -2.17. The molecular weight excluding hydrogens is 180 g/mol. The molecule has 4 nitrogen and oxygen atoms in total. The van der Waals surface area contributed by atoms with Crippen LogP contribution >= 0.6 is 0 Å². The highest BCUT2D eigenvalue weighted by atomic mass is 16.5. The van der Waals surface area contributed by atoms with E-state index in [2.05, 4.69) is 4.98 Å². The Hall–Kier alpha value is -1.13. The Kier molecular flexibility index (Phi) is 2.96. The third-order valence-corrected chi connectivity index (χ3v) is 2.27. The van der Waals surface area contributed by atoms with Crippen molar-refractivity contribution in [2.24, 2.45) is 5.73 Å². The van der Waals surface area contributed by atoms with Gasteiger partial charge in [-0.15, -0.1) is 0 Å². The van der Waals surface area contributed by atoms with Crippen LogP contribution in [0.25, 0.3) is 0 Å². The van der Waals surface area contributed by atoms with E-state index in [0.29, 0.717) is 13.2 Å². The first-order chi connectivity index (χ1) is 6.90. The number of rotatable bonds is 3. The molecule has 0 unspecified atom stereocenters.